The minimum absolute atomic E-state index is 0.329. The Bertz CT molecular complexity index is 958. The summed E-state index contributed by atoms with van der Waals surface area (Å²) in [7, 11) is 1.60. The molecule has 0 saturated heterocycles. The van der Waals surface area contributed by atoms with Gasteiger partial charge in [-0.15, -0.1) is 5.10 Å². The van der Waals surface area contributed by atoms with Crippen LogP contribution in [0.3, 0.4) is 0 Å². The minimum Gasteiger partial charge on any atom is -0.497 e. The van der Waals surface area contributed by atoms with Gasteiger partial charge in [-0.05, 0) is 41.2 Å². The Balaban J connectivity index is 1.70. The predicted molar refractivity (Wildman–Crippen MR) is 109 cm³/mol. The summed E-state index contributed by atoms with van der Waals surface area (Å²) in [6, 6.07) is 16.6. The number of methoxy groups -OCH3 is 1. The lowest BCUT2D eigenvalue weighted by Crippen LogP contribution is -2.33. The molecule has 0 aliphatic rings. The van der Waals surface area contributed by atoms with Crippen molar-refractivity contribution in [3.8, 4) is 5.75 Å². The molecule has 0 radical (unpaired) electrons. The topological polar surface area (TPSA) is 90.4 Å². The Hall–Kier alpha value is -3.26. The summed E-state index contributed by atoms with van der Waals surface area (Å²) in [5.41, 5.74) is 2.37. The van der Waals surface area contributed by atoms with Gasteiger partial charge >= 0.3 is 5.97 Å². The second-order valence-electron chi connectivity index (χ2n) is 6.16. The van der Waals surface area contributed by atoms with Gasteiger partial charge in [0.2, 0.25) is 0 Å². The van der Waals surface area contributed by atoms with Crippen molar-refractivity contribution >= 4 is 23.4 Å². The third-order valence-corrected chi connectivity index (χ3v) is 5.05. The number of carbonyl (C=O) groups excluding carboxylic acids is 2. The van der Waals surface area contributed by atoms with Crippen LogP contribution < -0.4 is 10.1 Å². The highest BCUT2D eigenvalue weighted by atomic mass is 32.1. The van der Waals surface area contributed by atoms with E-state index in [2.05, 4.69) is 14.9 Å². The van der Waals surface area contributed by atoms with Crippen LogP contribution in [0.25, 0.3) is 0 Å². The van der Waals surface area contributed by atoms with Gasteiger partial charge in [0.15, 0.2) is 11.5 Å². The molecule has 0 unspecified atom stereocenters. The van der Waals surface area contributed by atoms with E-state index in [4.69, 9.17) is 9.47 Å². The molecular weight excluding hydrogens is 390 g/mol. The van der Waals surface area contributed by atoms with Crippen LogP contribution in [-0.4, -0.2) is 35.2 Å². The normalized spacial score (nSPS) is 11.5. The maximum Gasteiger partial charge on any atom is 0.352 e. The van der Waals surface area contributed by atoms with Crippen LogP contribution >= 0.6 is 11.5 Å². The summed E-state index contributed by atoms with van der Waals surface area (Å²) in [5.74, 6) is -0.267. The lowest BCUT2D eigenvalue weighted by molar-refractivity contribution is -0.124. The van der Waals surface area contributed by atoms with E-state index in [1.807, 2.05) is 61.5 Å². The highest BCUT2D eigenvalue weighted by Gasteiger charge is 2.20. The van der Waals surface area contributed by atoms with E-state index in [-0.39, 0.29) is 12.6 Å². The molecule has 8 heteroatoms. The summed E-state index contributed by atoms with van der Waals surface area (Å²) in [5, 5.41) is 6.81. The number of amides is 1. The molecule has 7 nitrogen and oxygen atoms in total. The number of aryl methyl sites for hydroxylation is 1. The Morgan fingerprint density at radius 3 is 2.41 bits per heavy atom. The fourth-order valence-corrected chi connectivity index (χ4v) is 3.44. The van der Waals surface area contributed by atoms with Gasteiger partial charge in [0, 0.05) is 0 Å². The predicted octanol–water partition coefficient (Wildman–Crippen LogP) is 3.17. The molecule has 150 valence electrons. The van der Waals surface area contributed by atoms with E-state index in [1.165, 1.54) is 0 Å². The summed E-state index contributed by atoms with van der Waals surface area (Å²) >= 11 is 0.966. The van der Waals surface area contributed by atoms with Gasteiger partial charge in [-0.25, -0.2) is 4.79 Å². The van der Waals surface area contributed by atoms with Gasteiger partial charge in [0.25, 0.3) is 5.91 Å². The van der Waals surface area contributed by atoms with Crippen molar-refractivity contribution in [2.45, 2.75) is 19.4 Å². The molecular formula is C21H21N3O4S. The number of esters is 1. The molecule has 0 bridgehead atoms. The zero-order valence-electron chi connectivity index (χ0n) is 16.1. The monoisotopic (exact) mass is 411 g/mol. The summed E-state index contributed by atoms with van der Waals surface area (Å²) in [4.78, 5) is 25.0. The van der Waals surface area contributed by atoms with Crippen molar-refractivity contribution < 1.29 is 19.1 Å². The minimum atomic E-state index is -0.590. The maximum absolute atomic E-state index is 12.5. The van der Waals surface area contributed by atoms with Crippen LogP contribution in [0, 0.1) is 0 Å². The Labute approximate surface area is 172 Å². The van der Waals surface area contributed by atoms with Crippen molar-refractivity contribution in [3.63, 3.8) is 0 Å². The number of carbonyl (C=O) groups is 2. The molecule has 0 spiro atoms. The molecule has 1 atom stereocenters. The first-order chi connectivity index (χ1) is 14.1. The van der Waals surface area contributed by atoms with Gasteiger partial charge in [0.1, 0.15) is 5.75 Å². The van der Waals surface area contributed by atoms with Crippen LogP contribution in [0.2, 0.25) is 0 Å². The maximum atomic E-state index is 12.5. The number of nitrogens with one attached hydrogen (secondary N) is 1. The van der Waals surface area contributed by atoms with Crippen LogP contribution in [0.1, 0.15) is 39.5 Å². The number of aromatic nitrogens is 2. The van der Waals surface area contributed by atoms with Crippen LogP contribution in [-0.2, 0) is 16.0 Å². The SMILES string of the molecule is CCc1nnsc1C(=O)OCC(=O)N[C@@H](c1ccccc1)c1ccc(OC)cc1. The molecule has 1 aromatic heterocycles. The average Bonchev–Trinajstić information content (AvgIpc) is 3.25. The van der Waals surface area contributed by atoms with Gasteiger partial charge in [0.05, 0.1) is 18.8 Å². The molecule has 3 aromatic rings. The van der Waals surface area contributed by atoms with Gasteiger partial charge < -0.3 is 14.8 Å². The molecule has 1 N–H and O–H groups in total. The van der Waals surface area contributed by atoms with E-state index in [1.54, 1.807) is 7.11 Å². The molecule has 0 saturated carbocycles. The average molecular weight is 411 g/mol. The number of benzene rings is 2. The zero-order valence-corrected chi connectivity index (χ0v) is 16.9. The summed E-state index contributed by atoms with van der Waals surface area (Å²) < 4.78 is 14.1. The molecule has 2 aromatic carbocycles. The Kier molecular flexibility index (Phi) is 6.91. The summed E-state index contributed by atoms with van der Waals surface area (Å²) in [6.45, 7) is 1.49. The quantitative estimate of drug-likeness (QED) is 0.573. The number of ether oxygens (including phenoxy) is 2. The van der Waals surface area contributed by atoms with E-state index in [0.29, 0.717) is 17.0 Å². The fourth-order valence-electron chi connectivity index (χ4n) is 2.80. The second-order valence-corrected chi connectivity index (χ2v) is 6.92. The van der Waals surface area contributed by atoms with Crippen LogP contribution in [0.15, 0.2) is 54.6 Å². The second kappa shape index (κ2) is 9.79. The smallest absolute Gasteiger partial charge is 0.352 e. The van der Waals surface area contributed by atoms with Crippen molar-refractivity contribution in [2.75, 3.05) is 13.7 Å². The molecule has 1 amide bonds. The fraction of sp³-hybridized carbons (Fsp3) is 0.238. The number of hydrogen-bond donors (Lipinski definition) is 1. The molecule has 1 heterocycles. The van der Waals surface area contributed by atoms with Crippen molar-refractivity contribution in [1.82, 2.24) is 14.9 Å². The zero-order chi connectivity index (χ0) is 20.6. The molecule has 0 aliphatic carbocycles. The first kappa shape index (κ1) is 20.5. The summed E-state index contributed by atoms with van der Waals surface area (Å²) in [6.07, 6.45) is 0.570. The number of hydrogen-bond acceptors (Lipinski definition) is 7. The third kappa shape index (κ3) is 5.17. The number of rotatable bonds is 8. The Morgan fingerprint density at radius 2 is 1.76 bits per heavy atom. The van der Waals surface area contributed by atoms with Crippen LogP contribution in [0.4, 0.5) is 0 Å². The molecule has 3 rings (SSSR count). The van der Waals surface area contributed by atoms with Crippen molar-refractivity contribution in [1.29, 1.82) is 0 Å². The first-order valence-electron chi connectivity index (χ1n) is 9.09. The van der Waals surface area contributed by atoms with Crippen molar-refractivity contribution in [3.05, 3.63) is 76.3 Å². The van der Waals surface area contributed by atoms with Crippen LogP contribution in [0.5, 0.6) is 5.75 Å². The van der Waals surface area contributed by atoms with E-state index in [0.717, 1.165) is 28.4 Å². The molecule has 29 heavy (non-hydrogen) atoms. The first-order valence-corrected chi connectivity index (χ1v) is 9.86. The standard InChI is InChI=1S/C21H21N3O4S/c1-3-17-20(29-24-23-17)21(26)28-13-18(25)22-19(14-7-5-4-6-8-14)15-9-11-16(27-2)12-10-15/h4-12,19H,3,13H2,1-2H3,(H,22,25)/t19-/m0/s1. The molecule has 0 aliphatic heterocycles. The van der Waals surface area contributed by atoms with Gasteiger partial charge in [-0.3, -0.25) is 4.79 Å². The Morgan fingerprint density at radius 1 is 1.07 bits per heavy atom. The lowest BCUT2D eigenvalue weighted by atomic mass is 9.98. The largest absolute Gasteiger partial charge is 0.497 e. The lowest BCUT2D eigenvalue weighted by Gasteiger charge is -2.20. The van der Waals surface area contributed by atoms with Gasteiger partial charge in [-0.2, -0.15) is 0 Å². The highest BCUT2D eigenvalue weighted by Crippen LogP contribution is 2.24. The third-order valence-electron chi connectivity index (χ3n) is 4.30. The van der Waals surface area contributed by atoms with Gasteiger partial charge in [-0.1, -0.05) is 53.9 Å². The van der Waals surface area contributed by atoms with E-state index < -0.39 is 11.9 Å². The van der Waals surface area contributed by atoms with E-state index in [9.17, 15) is 9.59 Å². The van der Waals surface area contributed by atoms with E-state index >= 15 is 0 Å². The number of nitrogens with zero attached hydrogens (tertiary/aromatic N) is 2. The highest BCUT2D eigenvalue weighted by molar-refractivity contribution is 7.07. The molecule has 0 fully saturated rings. The van der Waals surface area contributed by atoms with Crippen molar-refractivity contribution in [2.24, 2.45) is 0 Å².